The number of aromatic nitrogens is 1. The fourth-order valence-corrected chi connectivity index (χ4v) is 2.34. The number of nitrogens with zero attached hydrogens (tertiary/aromatic N) is 1. The molecule has 2 aromatic rings. The van der Waals surface area contributed by atoms with Gasteiger partial charge in [-0.25, -0.2) is 0 Å². The van der Waals surface area contributed by atoms with Crippen molar-refractivity contribution in [2.75, 3.05) is 0 Å². The minimum absolute atomic E-state index is 0.217. The van der Waals surface area contributed by atoms with Gasteiger partial charge in [-0.15, -0.1) is 11.3 Å². The van der Waals surface area contributed by atoms with E-state index in [0.717, 1.165) is 18.5 Å². The van der Waals surface area contributed by atoms with Crippen LogP contribution in [0.25, 0.3) is 0 Å². The standard InChI is InChI=1S/C13H15NOS/c1-2-13(15)11-5-7-14(10-11)8-6-12-4-3-9-16-12/h3-5,7,9-10H,2,6,8H2,1H3. The number of ketones is 1. The van der Waals surface area contributed by atoms with Gasteiger partial charge in [-0.3, -0.25) is 4.79 Å². The molecule has 2 nitrogen and oxygen atoms in total. The van der Waals surface area contributed by atoms with Crippen molar-refractivity contribution >= 4 is 17.1 Å². The summed E-state index contributed by atoms with van der Waals surface area (Å²) in [6, 6.07) is 6.12. The molecule has 0 aromatic carbocycles. The molecular weight excluding hydrogens is 218 g/mol. The van der Waals surface area contributed by atoms with Crippen molar-refractivity contribution in [2.24, 2.45) is 0 Å². The quantitative estimate of drug-likeness (QED) is 0.726. The summed E-state index contributed by atoms with van der Waals surface area (Å²) in [7, 11) is 0. The fraction of sp³-hybridized carbons (Fsp3) is 0.308. The van der Waals surface area contributed by atoms with Crippen molar-refractivity contribution in [1.29, 1.82) is 0 Å². The molecule has 16 heavy (non-hydrogen) atoms. The van der Waals surface area contributed by atoms with Crippen LogP contribution in [0, 0.1) is 0 Å². The molecule has 2 rings (SSSR count). The summed E-state index contributed by atoms with van der Waals surface area (Å²) < 4.78 is 2.09. The molecule has 3 heteroatoms. The minimum atomic E-state index is 0.217. The first-order valence-corrected chi connectivity index (χ1v) is 6.39. The normalized spacial score (nSPS) is 10.6. The average molecular weight is 233 g/mol. The predicted octanol–water partition coefficient (Wildman–Crippen LogP) is 3.39. The van der Waals surface area contributed by atoms with Crippen LogP contribution in [0.1, 0.15) is 28.6 Å². The Morgan fingerprint density at radius 3 is 3.00 bits per heavy atom. The van der Waals surface area contributed by atoms with E-state index < -0.39 is 0 Å². The smallest absolute Gasteiger partial charge is 0.164 e. The highest BCUT2D eigenvalue weighted by atomic mass is 32.1. The Bertz CT molecular complexity index is 456. The highest BCUT2D eigenvalue weighted by Gasteiger charge is 2.04. The average Bonchev–Trinajstić information content (AvgIpc) is 2.96. The van der Waals surface area contributed by atoms with Crippen LogP contribution in [0.2, 0.25) is 0 Å². The van der Waals surface area contributed by atoms with Crippen molar-refractivity contribution in [3.05, 3.63) is 46.4 Å². The Morgan fingerprint density at radius 2 is 2.31 bits per heavy atom. The first-order valence-electron chi connectivity index (χ1n) is 5.51. The Hall–Kier alpha value is -1.35. The van der Waals surface area contributed by atoms with Gasteiger partial charge < -0.3 is 4.57 Å². The fourth-order valence-electron chi connectivity index (χ4n) is 1.64. The van der Waals surface area contributed by atoms with E-state index in [1.807, 2.05) is 25.4 Å². The molecule has 84 valence electrons. The van der Waals surface area contributed by atoms with E-state index in [1.165, 1.54) is 4.88 Å². The highest BCUT2D eigenvalue weighted by Crippen LogP contribution is 2.11. The molecule has 0 saturated carbocycles. The lowest BCUT2D eigenvalue weighted by Crippen LogP contribution is -1.98. The molecule has 2 aromatic heterocycles. The van der Waals surface area contributed by atoms with Gasteiger partial charge >= 0.3 is 0 Å². The molecule has 0 spiro atoms. The number of aryl methyl sites for hydroxylation is 2. The van der Waals surface area contributed by atoms with Crippen molar-refractivity contribution in [3.63, 3.8) is 0 Å². The molecule has 0 fully saturated rings. The van der Waals surface area contributed by atoms with Gasteiger partial charge in [0.1, 0.15) is 0 Å². The molecule has 0 amide bonds. The van der Waals surface area contributed by atoms with E-state index in [4.69, 9.17) is 0 Å². The van der Waals surface area contributed by atoms with E-state index in [-0.39, 0.29) is 5.78 Å². The van der Waals surface area contributed by atoms with Crippen LogP contribution in [0.5, 0.6) is 0 Å². The van der Waals surface area contributed by atoms with E-state index >= 15 is 0 Å². The number of rotatable bonds is 5. The minimum Gasteiger partial charge on any atom is -0.353 e. The van der Waals surface area contributed by atoms with E-state index in [9.17, 15) is 4.79 Å². The molecule has 0 N–H and O–H groups in total. The summed E-state index contributed by atoms with van der Waals surface area (Å²) in [6.45, 7) is 2.84. The van der Waals surface area contributed by atoms with Crippen LogP contribution in [-0.2, 0) is 13.0 Å². The maximum absolute atomic E-state index is 11.4. The Morgan fingerprint density at radius 1 is 1.44 bits per heavy atom. The zero-order chi connectivity index (χ0) is 11.4. The molecule has 0 aliphatic heterocycles. The summed E-state index contributed by atoms with van der Waals surface area (Å²) in [5.41, 5.74) is 0.827. The Balaban J connectivity index is 1.95. The second kappa shape index (κ2) is 5.12. The van der Waals surface area contributed by atoms with Crippen LogP contribution < -0.4 is 0 Å². The number of thiophene rings is 1. The SMILES string of the molecule is CCC(=O)c1ccn(CCc2cccs2)c1. The molecule has 0 saturated heterocycles. The number of carbonyl (C=O) groups is 1. The monoisotopic (exact) mass is 233 g/mol. The summed E-state index contributed by atoms with van der Waals surface area (Å²) in [5.74, 6) is 0.217. The summed E-state index contributed by atoms with van der Waals surface area (Å²) in [6.07, 6.45) is 5.54. The first-order chi connectivity index (χ1) is 7.79. The largest absolute Gasteiger partial charge is 0.353 e. The predicted molar refractivity (Wildman–Crippen MR) is 67.1 cm³/mol. The third kappa shape index (κ3) is 2.61. The molecule has 0 aliphatic carbocycles. The lowest BCUT2D eigenvalue weighted by molar-refractivity contribution is 0.0988. The van der Waals surface area contributed by atoms with Crippen molar-refractivity contribution in [1.82, 2.24) is 4.57 Å². The van der Waals surface area contributed by atoms with Gasteiger partial charge in [0.15, 0.2) is 5.78 Å². The second-order valence-electron chi connectivity index (χ2n) is 3.74. The van der Waals surface area contributed by atoms with E-state index in [2.05, 4.69) is 22.1 Å². The van der Waals surface area contributed by atoms with Crippen LogP contribution in [0.3, 0.4) is 0 Å². The lowest BCUT2D eigenvalue weighted by Gasteiger charge is -2.00. The molecule has 0 atom stereocenters. The van der Waals surface area contributed by atoms with Crippen molar-refractivity contribution in [3.8, 4) is 0 Å². The number of Topliss-reactive ketones (excluding diaryl/α,β-unsaturated/α-hetero) is 1. The molecular formula is C13H15NOS. The second-order valence-corrected chi connectivity index (χ2v) is 4.78. The summed E-state index contributed by atoms with van der Waals surface area (Å²) >= 11 is 1.78. The summed E-state index contributed by atoms with van der Waals surface area (Å²) in [5, 5.41) is 2.09. The van der Waals surface area contributed by atoms with Gasteiger partial charge in [0, 0.05) is 35.8 Å². The lowest BCUT2D eigenvalue weighted by atomic mass is 10.2. The van der Waals surface area contributed by atoms with Crippen LogP contribution in [0.15, 0.2) is 36.0 Å². The van der Waals surface area contributed by atoms with Crippen molar-refractivity contribution < 1.29 is 4.79 Å². The molecule has 0 bridgehead atoms. The number of carbonyl (C=O) groups excluding carboxylic acids is 1. The van der Waals surface area contributed by atoms with Crippen LogP contribution in [0.4, 0.5) is 0 Å². The van der Waals surface area contributed by atoms with Gasteiger partial charge in [-0.2, -0.15) is 0 Å². The molecule has 0 unspecified atom stereocenters. The zero-order valence-corrected chi connectivity index (χ0v) is 10.2. The van der Waals surface area contributed by atoms with Gasteiger partial charge in [0.2, 0.25) is 0 Å². The molecule has 0 radical (unpaired) electrons. The van der Waals surface area contributed by atoms with Gasteiger partial charge in [0.25, 0.3) is 0 Å². The van der Waals surface area contributed by atoms with E-state index in [1.54, 1.807) is 11.3 Å². The first kappa shape index (κ1) is 11.1. The molecule has 0 aliphatic rings. The highest BCUT2D eigenvalue weighted by molar-refractivity contribution is 7.09. The number of hydrogen-bond acceptors (Lipinski definition) is 2. The van der Waals surface area contributed by atoms with Gasteiger partial charge in [-0.1, -0.05) is 13.0 Å². The maximum atomic E-state index is 11.4. The Kier molecular flexibility index (Phi) is 3.57. The third-order valence-corrected chi connectivity index (χ3v) is 3.53. The van der Waals surface area contributed by atoms with Crippen molar-refractivity contribution in [2.45, 2.75) is 26.3 Å². The van der Waals surface area contributed by atoms with E-state index in [0.29, 0.717) is 6.42 Å². The molecule has 2 heterocycles. The Labute approximate surface area is 99.5 Å². The van der Waals surface area contributed by atoms with Gasteiger partial charge in [-0.05, 0) is 23.9 Å². The summed E-state index contributed by atoms with van der Waals surface area (Å²) in [4.78, 5) is 12.8. The third-order valence-electron chi connectivity index (χ3n) is 2.59. The topological polar surface area (TPSA) is 22.0 Å². The van der Waals surface area contributed by atoms with Crippen LogP contribution >= 0.6 is 11.3 Å². The van der Waals surface area contributed by atoms with Gasteiger partial charge in [0.05, 0.1) is 0 Å². The zero-order valence-electron chi connectivity index (χ0n) is 9.35. The van der Waals surface area contributed by atoms with Crippen LogP contribution in [-0.4, -0.2) is 10.4 Å². The number of hydrogen-bond donors (Lipinski definition) is 0. The maximum Gasteiger partial charge on any atom is 0.164 e.